The molecule has 2 saturated carbocycles. The van der Waals surface area contributed by atoms with E-state index < -0.39 is 68.1 Å². The Bertz CT molecular complexity index is 2560. The number of H-pyrrole nitrogens is 2. The summed E-state index contributed by atoms with van der Waals surface area (Å²) in [5.41, 5.74) is 7.73. The molecule has 4 fully saturated rings. The number of hydrogen-bond donors (Lipinski definition) is 4. The highest BCUT2D eigenvalue weighted by atomic mass is 28.3. The number of piperidine rings is 1. The molecule has 2 bridgehead atoms. The van der Waals surface area contributed by atoms with Crippen LogP contribution in [0.15, 0.2) is 60.8 Å². The third-order valence-corrected chi connectivity index (χ3v) is 16.5. The third-order valence-electron chi connectivity index (χ3n) is 13.8. The average molecular weight is 881 g/mol. The van der Waals surface area contributed by atoms with E-state index in [0.717, 1.165) is 69.4 Å². The van der Waals surface area contributed by atoms with Crippen LogP contribution in [0.25, 0.3) is 44.2 Å². The SMILES string of the molecule is CON[C@H](C(=O)N1C[Si](C)(C)C[C@H]1c1nc2ccc3cc(-c4ccc(-c5cnc([C@@H]6[C@@H]7C[C@@H]([C@@H](F)[C@H]7F)N6C(=O)[C@@H](NC(=O)OC6(C)CC6)C(C)C)[nH]5)cc4)ccc3c2[nH]1)C(C)C. The normalized spacial score (nSPS) is 25.7. The van der Waals surface area contributed by atoms with Gasteiger partial charge in [0, 0.05) is 17.5 Å². The molecule has 5 aromatic rings. The fourth-order valence-corrected chi connectivity index (χ4v) is 13.0. The van der Waals surface area contributed by atoms with Gasteiger partial charge in [-0.3, -0.25) is 9.59 Å². The van der Waals surface area contributed by atoms with Gasteiger partial charge in [0.1, 0.15) is 35.5 Å². The molecule has 4 N–H and O–H groups in total. The number of aromatic nitrogens is 4. The fourth-order valence-electron chi connectivity index (χ4n) is 10.1. The Morgan fingerprint density at radius 1 is 0.889 bits per heavy atom. The summed E-state index contributed by atoms with van der Waals surface area (Å²) in [7, 11) is -0.168. The standard InChI is InChI=1S/C47H58F2N8O5Si/c1-24(2)38(54-46(60)62-47(5)17-18-47)45(59)57-34-20-31(36(48)37(34)49)41(57)43-50-21-33(52-43)27-11-9-26(10-12-27)28-13-15-30-29(19-28)14-16-32-40(30)53-42(51-32)35-22-63(7,8)23-56(35)44(58)39(25(3)4)55-61-6/h9-16,19,21,24-25,31,34-39,41,55H,17-18,20,22-23H2,1-8H3,(H,50,52)(H,51,53)(H,54,60)/t31-,34+,35+,36+,37-,38+,39+,41+/m1/s1. The monoisotopic (exact) mass is 880 g/mol. The highest BCUT2D eigenvalue weighted by Gasteiger charge is 2.62. The van der Waals surface area contributed by atoms with Crippen molar-refractivity contribution < 1.29 is 32.7 Å². The number of ether oxygens (including phenoxy) is 1. The Balaban J connectivity index is 0.938. The van der Waals surface area contributed by atoms with Crippen molar-refractivity contribution >= 4 is 47.8 Å². The molecule has 0 spiro atoms. The number of amides is 3. The number of imidazole rings is 2. The van der Waals surface area contributed by atoms with Gasteiger partial charge in [-0.15, -0.1) is 0 Å². The molecule has 0 unspecified atom stereocenters. The van der Waals surface area contributed by atoms with Crippen LogP contribution in [0.3, 0.4) is 0 Å². The highest BCUT2D eigenvalue weighted by Crippen LogP contribution is 2.53. The van der Waals surface area contributed by atoms with Gasteiger partial charge in [0.25, 0.3) is 0 Å². The number of halogens is 2. The number of aromatic amines is 2. The van der Waals surface area contributed by atoms with Crippen molar-refractivity contribution in [3.8, 4) is 22.4 Å². The summed E-state index contributed by atoms with van der Waals surface area (Å²) < 4.78 is 36.2. The van der Waals surface area contributed by atoms with Gasteiger partial charge in [0.2, 0.25) is 11.8 Å². The van der Waals surface area contributed by atoms with Crippen molar-refractivity contribution in [1.82, 2.24) is 40.5 Å². The predicted molar refractivity (Wildman–Crippen MR) is 239 cm³/mol. The maximum absolute atomic E-state index is 15.4. The van der Waals surface area contributed by atoms with Crippen molar-refractivity contribution in [2.45, 2.75) is 121 Å². The van der Waals surface area contributed by atoms with Gasteiger partial charge in [-0.05, 0) is 78.3 Å². The molecule has 3 amide bonds. The van der Waals surface area contributed by atoms with Crippen LogP contribution >= 0.6 is 0 Å². The number of alkyl halides is 2. The first-order valence-corrected chi connectivity index (χ1v) is 25.6. The molecule has 2 aromatic heterocycles. The van der Waals surface area contributed by atoms with Gasteiger partial charge in [0.15, 0.2) is 6.17 Å². The number of alkyl carbamates (subject to hydrolysis) is 1. The van der Waals surface area contributed by atoms with Crippen molar-refractivity contribution in [3.63, 3.8) is 0 Å². The number of carbonyl (C=O) groups excluding carboxylic acids is 3. The maximum atomic E-state index is 15.4. The van der Waals surface area contributed by atoms with Crippen molar-refractivity contribution in [2.75, 3.05) is 13.3 Å². The number of carbonyl (C=O) groups is 3. The van der Waals surface area contributed by atoms with Crippen LogP contribution in [0, 0.1) is 17.8 Å². The second kappa shape index (κ2) is 16.1. The van der Waals surface area contributed by atoms with Crippen LogP contribution in [0.2, 0.25) is 19.1 Å². The number of fused-ring (bicyclic) bond motifs is 5. The Morgan fingerprint density at radius 2 is 1.59 bits per heavy atom. The quantitative estimate of drug-likeness (QED) is 0.0720. The van der Waals surface area contributed by atoms with E-state index in [1.807, 2.05) is 56.0 Å². The van der Waals surface area contributed by atoms with E-state index in [0.29, 0.717) is 11.5 Å². The minimum atomic E-state index is -1.82. The number of nitrogens with one attached hydrogen (secondary N) is 4. The zero-order valence-electron chi connectivity index (χ0n) is 37.2. The lowest BCUT2D eigenvalue weighted by molar-refractivity contribution is -0.143. The van der Waals surface area contributed by atoms with E-state index in [1.54, 1.807) is 27.2 Å². The van der Waals surface area contributed by atoms with Crippen LogP contribution < -0.4 is 10.8 Å². The molecule has 63 heavy (non-hydrogen) atoms. The van der Waals surface area contributed by atoms with Gasteiger partial charge in [-0.25, -0.2) is 23.5 Å². The van der Waals surface area contributed by atoms with E-state index in [9.17, 15) is 14.4 Å². The van der Waals surface area contributed by atoms with E-state index in [4.69, 9.17) is 14.6 Å². The summed E-state index contributed by atoms with van der Waals surface area (Å²) in [6.07, 6.45) is -0.160. The fraction of sp³-hybridized carbons (Fsp3) is 0.511. The predicted octanol–water partition coefficient (Wildman–Crippen LogP) is 8.33. The summed E-state index contributed by atoms with van der Waals surface area (Å²) in [6.45, 7) is 14.1. The highest BCUT2D eigenvalue weighted by molar-refractivity contribution is 6.78. The molecule has 4 aliphatic rings. The number of rotatable bonds is 12. The summed E-state index contributed by atoms with van der Waals surface area (Å²) >= 11 is 0. The Kier molecular flexibility index (Phi) is 11.0. The number of hydroxylamine groups is 1. The second-order valence-corrected chi connectivity index (χ2v) is 25.0. The number of benzene rings is 3. The molecule has 2 saturated heterocycles. The molecule has 4 heterocycles. The lowest BCUT2D eigenvalue weighted by Crippen LogP contribution is -2.57. The molecule has 2 aliphatic carbocycles. The average Bonchev–Trinajstić information content (AvgIpc) is 3.81. The molecule has 0 radical (unpaired) electrons. The van der Waals surface area contributed by atoms with E-state index in [2.05, 4.69) is 63.1 Å². The molecule has 13 nitrogen and oxygen atoms in total. The first-order chi connectivity index (χ1) is 30.0. The van der Waals surface area contributed by atoms with Gasteiger partial charge >= 0.3 is 6.09 Å². The first kappa shape index (κ1) is 43.1. The third kappa shape index (κ3) is 7.92. The van der Waals surface area contributed by atoms with E-state index >= 15 is 8.78 Å². The van der Waals surface area contributed by atoms with Crippen LogP contribution in [0.1, 0.15) is 77.6 Å². The molecule has 8 atom stereocenters. The molecule has 334 valence electrons. The topological polar surface area (TPSA) is 158 Å². The Hall–Kier alpha value is -5.19. The van der Waals surface area contributed by atoms with E-state index in [-0.39, 0.29) is 30.2 Å². The first-order valence-electron chi connectivity index (χ1n) is 22.2. The molecule has 2 aliphatic heterocycles. The number of hydrogen-bond acceptors (Lipinski definition) is 8. The zero-order valence-corrected chi connectivity index (χ0v) is 38.2. The van der Waals surface area contributed by atoms with Gasteiger partial charge in [-0.2, -0.15) is 5.48 Å². The zero-order chi connectivity index (χ0) is 44.7. The summed E-state index contributed by atoms with van der Waals surface area (Å²) in [5, 5.41) is 4.81. The summed E-state index contributed by atoms with van der Waals surface area (Å²) in [4.78, 5) is 66.2. The molecular weight excluding hydrogens is 823 g/mol. The Morgan fingerprint density at radius 3 is 2.27 bits per heavy atom. The van der Waals surface area contributed by atoms with Crippen molar-refractivity contribution in [1.29, 1.82) is 0 Å². The number of nitrogens with zero attached hydrogens (tertiary/aromatic N) is 4. The minimum absolute atomic E-state index is 0.0294. The minimum Gasteiger partial charge on any atom is -0.443 e. The number of likely N-dealkylation sites (tertiary alicyclic amines) is 1. The lowest BCUT2D eigenvalue weighted by Gasteiger charge is -2.40. The Labute approximate surface area is 367 Å². The van der Waals surface area contributed by atoms with Gasteiger partial charge in [0.05, 0.1) is 56.2 Å². The van der Waals surface area contributed by atoms with Crippen molar-refractivity contribution in [2.24, 2.45) is 17.8 Å². The summed E-state index contributed by atoms with van der Waals surface area (Å²) in [5.74, 6) is -0.319. The maximum Gasteiger partial charge on any atom is 0.408 e. The van der Waals surface area contributed by atoms with Gasteiger partial charge in [-0.1, -0.05) is 83.3 Å². The largest absolute Gasteiger partial charge is 0.443 e. The molecule has 9 rings (SSSR count). The lowest BCUT2D eigenvalue weighted by atomic mass is 9.93. The van der Waals surface area contributed by atoms with Crippen LogP contribution in [-0.2, 0) is 19.2 Å². The summed E-state index contributed by atoms with van der Waals surface area (Å²) in [6, 6.07) is 16.0. The van der Waals surface area contributed by atoms with Crippen LogP contribution in [0.4, 0.5) is 13.6 Å². The molecule has 3 aromatic carbocycles. The van der Waals surface area contributed by atoms with Crippen molar-refractivity contribution in [3.05, 3.63) is 72.4 Å². The van der Waals surface area contributed by atoms with Crippen LogP contribution in [-0.4, -0.2) is 105 Å². The smallest absolute Gasteiger partial charge is 0.408 e. The molecular formula is C47H58F2N8O5Si. The molecule has 16 heteroatoms. The second-order valence-electron chi connectivity index (χ2n) is 19.9. The van der Waals surface area contributed by atoms with Crippen LogP contribution in [0.5, 0.6) is 0 Å². The van der Waals surface area contributed by atoms with E-state index in [1.165, 1.54) is 4.90 Å². The van der Waals surface area contributed by atoms with Gasteiger partial charge < -0.3 is 34.7 Å².